The van der Waals surface area contributed by atoms with Crippen molar-refractivity contribution < 1.29 is 8.42 Å². The Morgan fingerprint density at radius 2 is 2.00 bits per heavy atom. The summed E-state index contributed by atoms with van der Waals surface area (Å²) in [6, 6.07) is 2.96. The summed E-state index contributed by atoms with van der Waals surface area (Å²) in [5, 5.41) is 0.211. The van der Waals surface area contributed by atoms with E-state index in [-0.39, 0.29) is 21.4 Å². The van der Waals surface area contributed by atoms with Crippen molar-refractivity contribution in [2.75, 3.05) is 5.73 Å². The average Bonchev–Trinajstić information content (AvgIpc) is 2.36. The highest BCUT2D eigenvalue weighted by molar-refractivity contribution is 7.89. The second-order valence-corrected chi connectivity index (χ2v) is 8.64. The van der Waals surface area contributed by atoms with Crippen LogP contribution in [0.25, 0.3) is 0 Å². The van der Waals surface area contributed by atoms with Crippen LogP contribution in [0.5, 0.6) is 0 Å². The Morgan fingerprint density at radius 3 is 2.62 bits per heavy atom. The van der Waals surface area contributed by atoms with Crippen LogP contribution in [0.1, 0.15) is 45.1 Å². The van der Waals surface area contributed by atoms with E-state index in [1.165, 1.54) is 6.07 Å². The van der Waals surface area contributed by atoms with E-state index in [9.17, 15) is 8.42 Å². The molecule has 0 aliphatic heterocycles. The quantitative estimate of drug-likeness (QED) is 0.833. The molecule has 1 atom stereocenters. The Bertz CT molecular complexity index is 641. The zero-order chi connectivity index (χ0) is 15.8. The highest BCUT2D eigenvalue weighted by atomic mass is 35.5. The van der Waals surface area contributed by atoms with Gasteiger partial charge in [0, 0.05) is 11.7 Å². The third kappa shape index (κ3) is 3.52. The summed E-state index contributed by atoms with van der Waals surface area (Å²) < 4.78 is 28.1. The van der Waals surface area contributed by atoms with E-state index >= 15 is 0 Å². The maximum absolute atomic E-state index is 12.6. The lowest BCUT2D eigenvalue weighted by Crippen LogP contribution is -2.46. The van der Waals surface area contributed by atoms with E-state index in [0.717, 1.165) is 31.2 Å². The van der Waals surface area contributed by atoms with Crippen LogP contribution in [0.3, 0.4) is 0 Å². The van der Waals surface area contributed by atoms with Gasteiger partial charge < -0.3 is 5.73 Å². The van der Waals surface area contributed by atoms with Gasteiger partial charge in [0.05, 0.1) is 5.02 Å². The molecule has 0 amide bonds. The highest BCUT2D eigenvalue weighted by Crippen LogP contribution is 2.37. The van der Waals surface area contributed by atoms with Gasteiger partial charge in [0.1, 0.15) is 4.90 Å². The van der Waals surface area contributed by atoms with Crippen LogP contribution in [0.15, 0.2) is 17.0 Å². The van der Waals surface area contributed by atoms with Gasteiger partial charge in [-0.25, -0.2) is 13.1 Å². The molecule has 3 N–H and O–H groups in total. The van der Waals surface area contributed by atoms with Gasteiger partial charge in [0.25, 0.3) is 0 Å². The van der Waals surface area contributed by atoms with Crippen LogP contribution in [-0.2, 0) is 10.0 Å². The third-order valence-corrected chi connectivity index (χ3v) is 6.35. The average molecular weight is 331 g/mol. The van der Waals surface area contributed by atoms with Gasteiger partial charge in [-0.1, -0.05) is 38.3 Å². The molecule has 0 aromatic heterocycles. The number of hydrogen-bond acceptors (Lipinski definition) is 3. The molecular weight excluding hydrogens is 308 g/mol. The smallest absolute Gasteiger partial charge is 0.242 e. The van der Waals surface area contributed by atoms with E-state index < -0.39 is 10.0 Å². The number of anilines is 1. The molecule has 0 bridgehead atoms. The van der Waals surface area contributed by atoms with Crippen molar-refractivity contribution in [3.05, 3.63) is 22.7 Å². The number of aryl methyl sites for hydroxylation is 1. The van der Waals surface area contributed by atoms with Gasteiger partial charge in [-0.3, -0.25) is 0 Å². The summed E-state index contributed by atoms with van der Waals surface area (Å²) >= 11 is 6.10. The number of benzene rings is 1. The monoisotopic (exact) mass is 330 g/mol. The first-order valence-corrected chi connectivity index (χ1v) is 9.07. The molecule has 6 heteroatoms. The van der Waals surface area contributed by atoms with Crippen LogP contribution in [0.2, 0.25) is 5.02 Å². The second kappa shape index (κ2) is 5.78. The van der Waals surface area contributed by atoms with Crippen molar-refractivity contribution in [3.8, 4) is 0 Å². The maximum atomic E-state index is 12.6. The van der Waals surface area contributed by atoms with Crippen molar-refractivity contribution in [2.45, 2.75) is 57.4 Å². The number of nitrogen functional groups attached to an aromatic ring is 1. The number of hydrogen-bond donors (Lipinski definition) is 2. The van der Waals surface area contributed by atoms with Crippen LogP contribution >= 0.6 is 11.6 Å². The minimum atomic E-state index is -3.66. The zero-order valence-corrected chi connectivity index (χ0v) is 14.3. The Morgan fingerprint density at radius 1 is 1.33 bits per heavy atom. The number of halogens is 1. The van der Waals surface area contributed by atoms with E-state index in [0.29, 0.717) is 5.69 Å². The van der Waals surface area contributed by atoms with Crippen LogP contribution in [0.4, 0.5) is 5.69 Å². The predicted molar refractivity (Wildman–Crippen MR) is 87.0 cm³/mol. The maximum Gasteiger partial charge on any atom is 0.242 e. The summed E-state index contributed by atoms with van der Waals surface area (Å²) in [6.45, 7) is 6.00. The molecule has 1 aromatic rings. The number of nitrogens with one attached hydrogen (secondary N) is 1. The van der Waals surface area contributed by atoms with Crippen molar-refractivity contribution in [1.29, 1.82) is 0 Å². The highest BCUT2D eigenvalue weighted by Gasteiger charge is 2.35. The minimum Gasteiger partial charge on any atom is -0.398 e. The molecule has 0 saturated heterocycles. The Labute approximate surface area is 132 Å². The summed E-state index contributed by atoms with van der Waals surface area (Å²) in [6.07, 6.45) is 4.05. The first-order chi connectivity index (χ1) is 9.63. The fraction of sp³-hybridized carbons (Fsp3) is 0.600. The van der Waals surface area contributed by atoms with Gasteiger partial charge >= 0.3 is 0 Å². The van der Waals surface area contributed by atoms with Gasteiger partial charge in [0.15, 0.2) is 0 Å². The lowest BCUT2D eigenvalue weighted by atomic mass is 9.74. The fourth-order valence-corrected chi connectivity index (χ4v) is 4.90. The van der Waals surface area contributed by atoms with E-state index in [4.69, 9.17) is 17.3 Å². The second-order valence-electron chi connectivity index (χ2n) is 6.55. The lowest BCUT2D eigenvalue weighted by molar-refractivity contribution is 0.188. The molecule has 1 aliphatic rings. The van der Waals surface area contributed by atoms with Gasteiger partial charge in [-0.15, -0.1) is 0 Å². The normalized spacial score (nSPS) is 22.2. The number of rotatable bonds is 3. The molecule has 0 spiro atoms. The summed E-state index contributed by atoms with van der Waals surface area (Å²) in [5.74, 6) is 0. The minimum absolute atomic E-state index is 0.0476. The third-order valence-electron chi connectivity index (χ3n) is 4.41. The van der Waals surface area contributed by atoms with E-state index in [1.807, 2.05) is 0 Å². The lowest BCUT2D eigenvalue weighted by Gasteiger charge is -2.38. The molecule has 21 heavy (non-hydrogen) atoms. The molecule has 0 radical (unpaired) electrons. The van der Waals surface area contributed by atoms with Gasteiger partial charge in [0.2, 0.25) is 10.0 Å². The first kappa shape index (κ1) is 16.6. The molecule has 2 rings (SSSR count). The Balaban J connectivity index is 2.32. The summed E-state index contributed by atoms with van der Waals surface area (Å²) in [5.41, 5.74) is 6.98. The molecule has 1 aromatic carbocycles. The topological polar surface area (TPSA) is 72.2 Å². The molecule has 0 heterocycles. The number of sulfonamides is 1. The Hall–Kier alpha value is -0.780. The predicted octanol–water partition coefficient (Wildman–Crippen LogP) is 3.48. The van der Waals surface area contributed by atoms with Gasteiger partial charge in [-0.2, -0.15) is 0 Å². The zero-order valence-electron chi connectivity index (χ0n) is 12.7. The summed E-state index contributed by atoms with van der Waals surface area (Å²) in [4.78, 5) is 0.0636. The van der Waals surface area contributed by atoms with Crippen molar-refractivity contribution in [1.82, 2.24) is 4.72 Å². The Kier molecular flexibility index (Phi) is 4.57. The summed E-state index contributed by atoms with van der Waals surface area (Å²) in [7, 11) is -3.66. The molecule has 1 aliphatic carbocycles. The largest absolute Gasteiger partial charge is 0.398 e. The molecule has 1 unspecified atom stereocenters. The fourth-order valence-electron chi connectivity index (χ4n) is 2.84. The van der Waals surface area contributed by atoms with E-state index in [1.54, 1.807) is 13.0 Å². The SMILES string of the molecule is Cc1cc(Cl)c(S(=O)(=O)NC2CCCCC2(C)C)cc1N. The van der Waals surface area contributed by atoms with Gasteiger partial charge in [-0.05, 0) is 42.9 Å². The van der Waals surface area contributed by atoms with E-state index in [2.05, 4.69) is 18.6 Å². The molecular formula is C15H23ClN2O2S. The van der Waals surface area contributed by atoms with Crippen molar-refractivity contribution in [3.63, 3.8) is 0 Å². The van der Waals surface area contributed by atoms with Crippen LogP contribution in [0, 0.1) is 12.3 Å². The standard InChI is InChI=1S/C15H23ClN2O2S/c1-10-8-11(16)13(9-12(10)17)21(19,20)18-14-6-4-5-7-15(14,2)3/h8-9,14,18H,4-7,17H2,1-3H3. The number of nitrogens with two attached hydrogens (primary N) is 1. The molecule has 1 fully saturated rings. The van der Waals surface area contributed by atoms with Crippen molar-refractivity contribution in [2.24, 2.45) is 5.41 Å². The van der Waals surface area contributed by atoms with Crippen molar-refractivity contribution >= 4 is 27.3 Å². The van der Waals surface area contributed by atoms with Crippen LogP contribution in [-0.4, -0.2) is 14.5 Å². The first-order valence-electron chi connectivity index (χ1n) is 7.21. The molecule has 1 saturated carbocycles. The molecule has 118 valence electrons. The molecule has 4 nitrogen and oxygen atoms in total. The van der Waals surface area contributed by atoms with Crippen LogP contribution < -0.4 is 10.5 Å².